The van der Waals surface area contributed by atoms with E-state index in [9.17, 15) is 4.79 Å². The molecule has 2 rings (SSSR count). The van der Waals surface area contributed by atoms with Gasteiger partial charge in [-0.05, 0) is 38.5 Å². The highest BCUT2D eigenvalue weighted by Crippen LogP contribution is 2.39. The summed E-state index contributed by atoms with van der Waals surface area (Å²) in [7, 11) is 0. The molecule has 1 aromatic carbocycles. The van der Waals surface area contributed by atoms with Crippen LogP contribution in [0.3, 0.4) is 0 Å². The Bertz CT molecular complexity index is 543. The van der Waals surface area contributed by atoms with Gasteiger partial charge in [-0.2, -0.15) is 5.26 Å². The lowest BCUT2D eigenvalue weighted by atomic mass is 9.82. The largest absolute Gasteiger partial charge is 0.311 e. The van der Waals surface area contributed by atoms with E-state index >= 15 is 0 Å². The van der Waals surface area contributed by atoms with Crippen molar-refractivity contribution < 1.29 is 4.79 Å². The molecule has 1 fully saturated rings. The molecule has 0 radical (unpaired) electrons. The minimum absolute atomic E-state index is 0.0985. The number of anilines is 1. The Morgan fingerprint density at radius 3 is 2.59 bits per heavy atom. The van der Waals surface area contributed by atoms with Crippen LogP contribution in [0.25, 0.3) is 0 Å². The van der Waals surface area contributed by atoms with Crippen LogP contribution in [0.1, 0.15) is 25.0 Å². The standard InChI is InChI=1S/C13H13ClN2O/c1-8-10(5-4-9(6-15)11(8)14)16-7-13(2,3)12(16)17/h4-5H,7H2,1-3H3. The summed E-state index contributed by atoms with van der Waals surface area (Å²) in [5.74, 6) is 0.0985. The fraction of sp³-hybridized carbons (Fsp3) is 0.385. The van der Waals surface area contributed by atoms with Crippen molar-refractivity contribution in [3.63, 3.8) is 0 Å². The van der Waals surface area contributed by atoms with Crippen molar-refractivity contribution in [1.82, 2.24) is 0 Å². The van der Waals surface area contributed by atoms with E-state index in [1.807, 2.05) is 26.8 Å². The molecule has 0 N–H and O–H groups in total. The quantitative estimate of drug-likeness (QED) is 0.718. The van der Waals surface area contributed by atoms with Crippen molar-refractivity contribution in [2.24, 2.45) is 5.41 Å². The minimum atomic E-state index is -0.285. The molecule has 0 spiro atoms. The third kappa shape index (κ3) is 1.69. The highest BCUT2D eigenvalue weighted by atomic mass is 35.5. The predicted octanol–water partition coefficient (Wildman–Crippen LogP) is 2.89. The highest BCUT2D eigenvalue weighted by Gasteiger charge is 2.45. The summed E-state index contributed by atoms with van der Waals surface area (Å²) in [6, 6.07) is 5.47. The number of halogens is 1. The molecule has 88 valence electrons. The molecular weight excluding hydrogens is 236 g/mol. The average Bonchev–Trinajstić information content (AvgIpc) is 2.30. The number of amides is 1. The van der Waals surface area contributed by atoms with Crippen molar-refractivity contribution in [2.45, 2.75) is 20.8 Å². The second-order valence-corrected chi connectivity index (χ2v) is 5.34. The smallest absolute Gasteiger partial charge is 0.234 e. The zero-order chi connectivity index (χ0) is 12.8. The first kappa shape index (κ1) is 11.9. The van der Waals surface area contributed by atoms with E-state index < -0.39 is 0 Å². The molecule has 3 nitrogen and oxygen atoms in total. The summed E-state index contributed by atoms with van der Waals surface area (Å²) in [5.41, 5.74) is 1.75. The van der Waals surface area contributed by atoms with Gasteiger partial charge in [-0.1, -0.05) is 11.6 Å². The van der Waals surface area contributed by atoms with E-state index in [2.05, 4.69) is 0 Å². The number of carbonyl (C=O) groups is 1. The van der Waals surface area contributed by atoms with E-state index in [1.165, 1.54) is 0 Å². The van der Waals surface area contributed by atoms with E-state index in [0.29, 0.717) is 17.1 Å². The summed E-state index contributed by atoms with van der Waals surface area (Å²) < 4.78 is 0. The number of benzene rings is 1. The topological polar surface area (TPSA) is 44.1 Å². The molecule has 4 heteroatoms. The van der Waals surface area contributed by atoms with Crippen LogP contribution in [-0.4, -0.2) is 12.5 Å². The lowest BCUT2D eigenvalue weighted by Gasteiger charge is -2.45. The molecule has 1 aromatic rings. The summed E-state index contributed by atoms with van der Waals surface area (Å²) in [6.45, 7) is 6.37. The summed E-state index contributed by atoms with van der Waals surface area (Å²) in [4.78, 5) is 13.6. The fourth-order valence-corrected chi connectivity index (χ4v) is 2.26. The number of hydrogen-bond acceptors (Lipinski definition) is 2. The number of hydrogen-bond donors (Lipinski definition) is 0. The normalized spacial score (nSPS) is 17.6. The second-order valence-electron chi connectivity index (χ2n) is 4.96. The Hall–Kier alpha value is -1.53. The first-order valence-electron chi connectivity index (χ1n) is 5.39. The van der Waals surface area contributed by atoms with Crippen LogP contribution in [-0.2, 0) is 4.79 Å². The third-order valence-corrected chi connectivity index (χ3v) is 3.63. The van der Waals surface area contributed by atoms with Gasteiger partial charge < -0.3 is 4.90 Å². The van der Waals surface area contributed by atoms with Crippen LogP contribution in [0.15, 0.2) is 12.1 Å². The van der Waals surface area contributed by atoms with Crippen molar-refractivity contribution in [3.05, 3.63) is 28.3 Å². The molecule has 0 aromatic heterocycles. The predicted molar refractivity (Wildman–Crippen MR) is 67.0 cm³/mol. The van der Waals surface area contributed by atoms with Crippen LogP contribution in [0.4, 0.5) is 5.69 Å². The van der Waals surface area contributed by atoms with Crippen molar-refractivity contribution >= 4 is 23.2 Å². The summed E-state index contributed by atoms with van der Waals surface area (Å²) in [6.07, 6.45) is 0. The van der Waals surface area contributed by atoms with Crippen LogP contribution >= 0.6 is 11.6 Å². The van der Waals surface area contributed by atoms with Gasteiger partial charge in [0.1, 0.15) is 6.07 Å². The molecule has 17 heavy (non-hydrogen) atoms. The number of rotatable bonds is 1. The van der Waals surface area contributed by atoms with Gasteiger partial charge in [0.25, 0.3) is 0 Å². The maximum Gasteiger partial charge on any atom is 0.234 e. The first-order valence-corrected chi connectivity index (χ1v) is 5.77. The minimum Gasteiger partial charge on any atom is -0.311 e. The zero-order valence-corrected chi connectivity index (χ0v) is 10.8. The van der Waals surface area contributed by atoms with E-state index in [0.717, 1.165) is 11.3 Å². The zero-order valence-electron chi connectivity index (χ0n) is 10.0. The van der Waals surface area contributed by atoms with Crippen molar-refractivity contribution in [3.8, 4) is 6.07 Å². The number of nitrogens with zero attached hydrogens (tertiary/aromatic N) is 2. The molecule has 0 saturated carbocycles. The van der Waals surface area contributed by atoms with Gasteiger partial charge in [0.05, 0.1) is 16.0 Å². The van der Waals surface area contributed by atoms with E-state index in [1.54, 1.807) is 17.0 Å². The summed E-state index contributed by atoms with van der Waals surface area (Å²) >= 11 is 6.08. The molecular formula is C13H13ClN2O. The Kier molecular flexibility index (Phi) is 2.63. The van der Waals surface area contributed by atoms with Gasteiger partial charge >= 0.3 is 0 Å². The van der Waals surface area contributed by atoms with Gasteiger partial charge in [0, 0.05) is 12.2 Å². The van der Waals surface area contributed by atoms with Crippen LogP contribution < -0.4 is 4.90 Å². The third-order valence-electron chi connectivity index (χ3n) is 3.15. The lowest BCUT2D eigenvalue weighted by molar-refractivity contribution is -0.132. The van der Waals surface area contributed by atoms with Crippen molar-refractivity contribution in [2.75, 3.05) is 11.4 Å². The lowest BCUT2D eigenvalue weighted by Crippen LogP contribution is -2.58. The Morgan fingerprint density at radius 2 is 2.12 bits per heavy atom. The molecule has 0 bridgehead atoms. The van der Waals surface area contributed by atoms with Gasteiger partial charge in [-0.3, -0.25) is 4.79 Å². The number of carbonyl (C=O) groups excluding carboxylic acids is 1. The molecule has 1 heterocycles. The highest BCUT2D eigenvalue weighted by molar-refractivity contribution is 6.33. The molecule has 0 unspecified atom stereocenters. The molecule has 0 atom stereocenters. The molecule has 0 aliphatic carbocycles. The van der Waals surface area contributed by atoms with Crippen LogP contribution in [0.5, 0.6) is 0 Å². The van der Waals surface area contributed by atoms with Crippen LogP contribution in [0, 0.1) is 23.7 Å². The second kappa shape index (κ2) is 3.75. The molecule has 1 aliphatic rings. The van der Waals surface area contributed by atoms with E-state index in [4.69, 9.17) is 16.9 Å². The van der Waals surface area contributed by atoms with E-state index in [-0.39, 0.29) is 11.3 Å². The van der Waals surface area contributed by atoms with Gasteiger partial charge in [0.15, 0.2) is 0 Å². The van der Waals surface area contributed by atoms with Gasteiger partial charge in [0.2, 0.25) is 5.91 Å². The number of β-lactam (4-membered cyclic amide) rings is 1. The number of nitriles is 1. The Morgan fingerprint density at radius 1 is 1.47 bits per heavy atom. The van der Waals surface area contributed by atoms with Gasteiger partial charge in [-0.25, -0.2) is 0 Å². The molecule has 1 aliphatic heterocycles. The maximum atomic E-state index is 11.9. The average molecular weight is 249 g/mol. The molecule has 1 amide bonds. The SMILES string of the molecule is Cc1c(N2CC(C)(C)C2=O)ccc(C#N)c1Cl. The first-order chi connectivity index (χ1) is 7.88. The molecule has 1 saturated heterocycles. The van der Waals surface area contributed by atoms with Crippen LogP contribution in [0.2, 0.25) is 5.02 Å². The Labute approximate surface area is 106 Å². The van der Waals surface area contributed by atoms with Crippen molar-refractivity contribution in [1.29, 1.82) is 5.26 Å². The Balaban J connectivity index is 2.41. The fourth-order valence-electron chi connectivity index (χ4n) is 2.06. The monoisotopic (exact) mass is 248 g/mol. The van der Waals surface area contributed by atoms with Gasteiger partial charge in [-0.15, -0.1) is 0 Å². The maximum absolute atomic E-state index is 11.9. The summed E-state index contributed by atoms with van der Waals surface area (Å²) in [5, 5.41) is 9.30.